The minimum absolute atomic E-state index is 0.0363. The minimum Gasteiger partial charge on any atom is -0.482 e. The highest BCUT2D eigenvalue weighted by atomic mass is 16.5. The van der Waals surface area contributed by atoms with Gasteiger partial charge in [0.05, 0.1) is 17.9 Å². The fourth-order valence-electron chi connectivity index (χ4n) is 3.33. The highest BCUT2D eigenvalue weighted by Gasteiger charge is 2.28. The van der Waals surface area contributed by atoms with Crippen LogP contribution in [-0.2, 0) is 11.3 Å². The first kappa shape index (κ1) is 18.7. The Morgan fingerprint density at radius 1 is 1.17 bits per heavy atom. The van der Waals surface area contributed by atoms with E-state index in [-0.39, 0.29) is 18.4 Å². The second-order valence-electron chi connectivity index (χ2n) is 7.08. The second-order valence-corrected chi connectivity index (χ2v) is 7.08. The number of aryl methyl sites for hydroxylation is 3. The van der Waals surface area contributed by atoms with Crippen molar-refractivity contribution < 1.29 is 18.8 Å². The van der Waals surface area contributed by atoms with Crippen LogP contribution in [0.1, 0.15) is 32.9 Å². The normalized spacial score (nSPS) is 13.1. The number of nitrogens with one attached hydrogen (secondary N) is 1. The number of aromatic nitrogens is 1. The molecule has 0 spiro atoms. The van der Waals surface area contributed by atoms with Gasteiger partial charge in [0, 0.05) is 16.8 Å². The van der Waals surface area contributed by atoms with Crippen LogP contribution in [0.4, 0.5) is 11.4 Å². The van der Waals surface area contributed by atoms with Crippen molar-refractivity contribution in [3.63, 3.8) is 0 Å². The highest BCUT2D eigenvalue weighted by molar-refractivity contribution is 6.05. The molecule has 2 amide bonds. The smallest absolute Gasteiger partial charge is 0.265 e. The van der Waals surface area contributed by atoms with Crippen LogP contribution in [0.25, 0.3) is 0 Å². The van der Waals surface area contributed by atoms with Gasteiger partial charge in [0.1, 0.15) is 11.5 Å². The summed E-state index contributed by atoms with van der Waals surface area (Å²) in [5, 5.41) is 6.85. The number of nitrogens with zero attached hydrogens (tertiary/aromatic N) is 2. The van der Waals surface area contributed by atoms with E-state index in [0.717, 1.165) is 16.8 Å². The van der Waals surface area contributed by atoms with Gasteiger partial charge in [-0.3, -0.25) is 9.59 Å². The van der Waals surface area contributed by atoms with E-state index in [4.69, 9.17) is 9.26 Å². The third-order valence-electron chi connectivity index (χ3n) is 4.94. The lowest BCUT2D eigenvalue weighted by Gasteiger charge is -2.29. The van der Waals surface area contributed by atoms with Gasteiger partial charge in [0.25, 0.3) is 11.8 Å². The molecular weight excluding hydrogens is 370 g/mol. The molecule has 0 bridgehead atoms. The molecule has 1 N–H and O–H groups in total. The van der Waals surface area contributed by atoms with E-state index < -0.39 is 0 Å². The maximum Gasteiger partial charge on any atom is 0.265 e. The van der Waals surface area contributed by atoms with Crippen molar-refractivity contribution in [2.24, 2.45) is 0 Å². The van der Waals surface area contributed by atoms with Crippen LogP contribution in [0, 0.1) is 20.8 Å². The fourth-order valence-corrected chi connectivity index (χ4v) is 3.33. The minimum atomic E-state index is -0.214. The lowest BCUT2D eigenvalue weighted by Crippen LogP contribution is -2.38. The van der Waals surface area contributed by atoms with Crippen molar-refractivity contribution in [1.82, 2.24) is 5.16 Å². The Hall–Kier alpha value is -3.61. The van der Waals surface area contributed by atoms with Crippen molar-refractivity contribution in [2.45, 2.75) is 27.3 Å². The number of anilines is 2. The third-order valence-corrected chi connectivity index (χ3v) is 4.94. The van der Waals surface area contributed by atoms with E-state index in [9.17, 15) is 9.59 Å². The Morgan fingerprint density at radius 2 is 2.00 bits per heavy atom. The predicted molar refractivity (Wildman–Crippen MR) is 108 cm³/mol. The van der Waals surface area contributed by atoms with Crippen molar-refractivity contribution in [3.8, 4) is 5.75 Å². The molecule has 1 aromatic heterocycles. The number of fused-ring (bicyclic) bond motifs is 1. The summed E-state index contributed by atoms with van der Waals surface area (Å²) >= 11 is 0. The summed E-state index contributed by atoms with van der Waals surface area (Å²) in [4.78, 5) is 26.8. The molecule has 29 heavy (non-hydrogen) atoms. The summed E-state index contributed by atoms with van der Waals surface area (Å²) in [6.07, 6.45) is 0. The standard InChI is InChI=1S/C22H21N3O4/c1-13-5-4-6-16(9-13)22(27)23-17-7-8-20-19(10-17)25(21(26)12-28-20)11-18-14(2)24-29-15(18)3/h4-10H,11-12H2,1-3H3,(H,23,27). The molecule has 7 nitrogen and oxygen atoms in total. The number of amides is 2. The van der Waals surface area contributed by atoms with Gasteiger partial charge in [-0.05, 0) is 51.1 Å². The number of hydrogen-bond donors (Lipinski definition) is 1. The topological polar surface area (TPSA) is 84.7 Å². The maximum absolute atomic E-state index is 12.6. The highest BCUT2D eigenvalue weighted by Crippen LogP contribution is 2.36. The first-order valence-corrected chi connectivity index (χ1v) is 9.29. The van der Waals surface area contributed by atoms with Gasteiger partial charge < -0.3 is 19.5 Å². The third kappa shape index (κ3) is 3.71. The molecule has 2 aromatic carbocycles. The van der Waals surface area contributed by atoms with E-state index in [1.807, 2.05) is 39.0 Å². The Morgan fingerprint density at radius 3 is 2.72 bits per heavy atom. The van der Waals surface area contributed by atoms with Crippen LogP contribution in [0.2, 0.25) is 0 Å². The van der Waals surface area contributed by atoms with Crippen LogP contribution in [0.15, 0.2) is 47.0 Å². The summed E-state index contributed by atoms with van der Waals surface area (Å²) in [6, 6.07) is 12.6. The molecule has 0 saturated heterocycles. The molecule has 0 saturated carbocycles. The van der Waals surface area contributed by atoms with Crippen molar-refractivity contribution >= 4 is 23.2 Å². The Balaban J connectivity index is 1.63. The van der Waals surface area contributed by atoms with E-state index in [2.05, 4.69) is 10.5 Å². The molecule has 1 aliphatic heterocycles. The summed E-state index contributed by atoms with van der Waals surface area (Å²) in [6.45, 7) is 5.89. The zero-order valence-corrected chi connectivity index (χ0v) is 16.5. The van der Waals surface area contributed by atoms with E-state index in [1.54, 1.807) is 29.2 Å². The van der Waals surface area contributed by atoms with Crippen LogP contribution >= 0.6 is 0 Å². The predicted octanol–water partition coefficient (Wildman–Crippen LogP) is 3.78. The Bertz CT molecular complexity index is 1080. The average molecular weight is 391 g/mol. The molecule has 0 atom stereocenters. The van der Waals surface area contributed by atoms with E-state index in [1.165, 1.54) is 0 Å². The van der Waals surface area contributed by atoms with Crippen molar-refractivity contribution in [3.05, 3.63) is 70.6 Å². The molecule has 4 rings (SSSR count). The molecule has 0 fully saturated rings. The van der Waals surface area contributed by atoms with Crippen LogP contribution in [-0.4, -0.2) is 23.6 Å². The quantitative estimate of drug-likeness (QED) is 0.732. The van der Waals surface area contributed by atoms with Gasteiger partial charge >= 0.3 is 0 Å². The molecule has 0 unspecified atom stereocenters. The molecule has 2 heterocycles. The summed E-state index contributed by atoms with van der Waals surface area (Å²) in [5.41, 5.74) is 4.36. The van der Waals surface area contributed by atoms with Gasteiger partial charge in [-0.2, -0.15) is 0 Å². The number of benzene rings is 2. The van der Waals surface area contributed by atoms with Gasteiger partial charge in [0.2, 0.25) is 0 Å². The SMILES string of the molecule is Cc1cccc(C(=O)Nc2ccc3c(c2)N(Cc2c(C)noc2C)C(=O)CO3)c1. The molecule has 3 aromatic rings. The molecule has 0 radical (unpaired) electrons. The van der Waals surface area contributed by atoms with E-state index in [0.29, 0.717) is 35.0 Å². The largest absolute Gasteiger partial charge is 0.482 e. The van der Waals surface area contributed by atoms with E-state index >= 15 is 0 Å². The first-order chi connectivity index (χ1) is 13.9. The number of ether oxygens (including phenoxy) is 1. The number of carbonyl (C=O) groups excluding carboxylic acids is 2. The molecule has 148 valence electrons. The zero-order valence-electron chi connectivity index (χ0n) is 16.5. The van der Waals surface area contributed by atoms with Crippen molar-refractivity contribution in [2.75, 3.05) is 16.8 Å². The number of carbonyl (C=O) groups is 2. The monoisotopic (exact) mass is 391 g/mol. The van der Waals surface area contributed by atoms with Crippen molar-refractivity contribution in [1.29, 1.82) is 0 Å². The first-order valence-electron chi connectivity index (χ1n) is 9.29. The fraction of sp³-hybridized carbons (Fsp3) is 0.227. The molecule has 0 aliphatic carbocycles. The van der Waals surface area contributed by atoms with Crippen LogP contribution in [0.3, 0.4) is 0 Å². The van der Waals surface area contributed by atoms with Crippen LogP contribution in [0.5, 0.6) is 5.75 Å². The zero-order chi connectivity index (χ0) is 20.5. The average Bonchev–Trinajstić information content (AvgIpc) is 3.02. The summed E-state index contributed by atoms with van der Waals surface area (Å²) in [7, 11) is 0. The second kappa shape index (κ2) is 7.43. The van der Waals surface area contributed by atoms with Gasteiger partial charge in [-0.15, -0.1) is 0 Å². The lowest BCUT2D eigenvalue weighted by molar-refractivity contribution is -0.121. The van der Waals surface area contributed by atoms with Gasteiger partial charge in [0.15, 0.2) is 6.61 Å². The number of rotatable bonds is 4. The Kier molecular flexibility index (Phi) is 4.80. The van der Waals surface area contributed by atoms with Crippen LogP contribution < -0.4 is 15.0 Å². The van der Waals surface area contributed by atoms with Gasteiger partial charge in [-0.25, -0.2) is 0 Å². The lowest BCUT2D eigenvalue weighted by atomic mass is 10.1. The summed E-state index contributed by atoms with van der Waals surface area (Å²) in [5.74, 6) is 0.880. The Labute approximate surface area is 168 Å². The molecule has 7 heteroatoms. The number of hydrogen-bond acceptors (Lipinski definition) is 5. The molecule has 1 aliphatic rings. The maximum atomic E-state index is 12.6. The summed E-state index contributed by atoms with van der Waals surface area (Å²) < 4.78 is 10.8. The van der Waals surface area contributed by atoms with Gasteiger partial charge in [-0.1, -0.05) is 22.9 Å². The molecular formula is C22H21N3O4.